The highest BCUT2D eigenvalue weighted by molar-refractivity contribution is 6.00. The van der Waals surface area contributed by atoms with Crippen LogP contribution in [-0.4, -0.2) is 45.8 Å². The van der Waals surface area contributed by atoms with Gasteiger partial charge in [0.2, 0.25) is 0 Å². The van der Waals surface area contributed by atoms with Gasteiger partial charge in [-0.2, -0.15) is 0 Å². The molecule has 2 aromatic carbocycles. The Morgan fingerprint density at radius 1 is 1.12 bits per heavy atom. The van der Waals surface area contributed by atoms with Crippen LogP contribution in [0.15, 0.2) is 54.7 Å². The molecule has 0 saturated carbocycles. The van der Waals surface area contributed by atoms with Crippen molar-refractivity contribution in [3.05, 3.63) is 71.4 Å². The van der Waals surface area contributed by atoms with Crippen LogP contribution in [0.5, 0.6) is 0 Å². The minimum absolute atomic E-state index is 0.00867. The molecule has 1 aromatic heterocycles. The molecule has 0 radical (unpaired) electrons. The summed E-state index contributed by atoms with van der Waals surface area (Å²) in [4.78, 5) is 30.5. The minimum Gasteiger partial charge on any atom is -0.481 e. The Balaban J connectivity index is 1.66. The second kappa shape index (κ2) is 9.05. The first kappa shape index (κ1) is 21.3. The first-order chi connectivity index (χ1) is 15.4. The number of likely N-dealkylation sites (tertiary alicyclic amines) is 1. The molecule has 1 saturated heterocycles. The maximum absolute atomic E-state index is 12.7. The lowest BCUT2D eigenvalue weighted by Crippen LogP contribution is -2.27. The molecule has 0 bridgehead atoms. The van der Waals surface area contributed by atoms with E-state index in [4.69, 9.17) is 11.1 Å². The summed E-state index contributed by atoms with van der Waals surface area (Å²) in [5.74, 6) is -1.02. The molecular formula is C24H25N5O3. The molecule has 4 rings (SSSR count). The Kier molecular flexibility index (Phi) is 6.02. The predicted octanol–water partition coefficient (Wildman–Crippen LogP) is 3.38. The van der Waals surface area contributed by atoms with Gasteiger partial charge in [-0.3, -0.25) is 20.0 Å². The molecule has 1 aliphatic rings. The molecule has 1 unspecified atom stereocenters. The molecular weight excluding hydrogens is 406 g/mol. The zero-order valence-electron chi connectivity index (χ0n) is 17.5. The largest absolute Gasteiger partial charge is 0.481 e. The highest BCUT2D eigenvalue weighted by atomic mass is 16.4. The van der Waals surface area contributed by atoms with Crippen LogP contribution in [0.4, 0.5) is 5.69 Å². The number of aliphatic carboxylic acids is 1. The van der Waals surface area contributed by atoms with Gasteiger partial charge in [-0.15, -0.1) is 0 Å². The number of nitrogens with zero attached hydrogens (tertiary/aromatic N) is 2. The summed E-state index contributed by atoms with van der Waals surface area (Å²) in [5, 5.41) is 21.2. The maximum atomic E-state index is 12.7. The predicted molar refractivity (Wildman–Crippen MR) is 123 cm³/mol. The van der Waals surface area contributed by atoms with E-state index in [9.17, 15) is 14.7 Å². The summed E-state index contributed by atoms with van der Waals surface area (Å²) in [6, 6.07) is 13.7. The molecule has 1 atom stereocenters. The SMILES string of the molecule is N=C(N)c1cccc(C(CC(=O)O)Nc2ccnc3cc(C(=O)N4CCCC4)ccc23)c1. The number of carbonyl (C=O) groups is 2. The van der Waals surface area contributed by atoms with Crippen LogP contribution in [0.1, 0.15) is 46.8 Å². The van der Waals surface area contributed by atoms with Gasteiger partial charge >= 0.3 is 5.97 Å². The van der Waals surface area contributed by atoms with E-state index in [1.807, 2.05) is 17.0 Å². The topological polar surface area (TPSA) is 132 Å². The lowest BCUT2D eigenvalue weighted by atomic mass is 10.00. The lowest BCUT2D eigenvalue weighted by Gasteiger charge is -2.21. The average Bonchev–Trinajstić information content (AvgIpc) is 3.32. The number of pyridine rings is 1. The number of carboxylic acid groups (broad SMARTS) is 1. The number of fused-ring (bicyclic) bond motifs is 1. The Morgan fingerprint density at radius 3 is 2.62 bits per heavy atom. The molecule has 2 heterocycles. The van der Waals surface area contributed by atoms with Gasteiger partial charge in [0.25, 0.3) is 5.91 Å². The van der Waals surface area contributed by atoms with E-state index in [1.54, 1.807) is 42.6 Å². The van der Waals surface area contributed by atoms with E-state index in [0.717, 1.165) is 37.0 Å². The van der Waals surface area contributed by atoms with Crippen LogP contribution in [0, 0.1) is 5.41 Å². The van der Waals surface area contributed by atoms with Gasteiger partial charge in [0.05, 0.1) is 18.0 Å². The van der Waals surface area contributed by atoms with Crippen molar-refractivity contribution >= 4 is 34.3 Å². The van der Waals surface area contributed by atoms with Gasteiger partial charge < -0.3 is 21.1 Å². The van der Waals surface area contributed by atoms with Crippen LogP contribution in [0.25, 0.3) is 10.9 Å². The van der Waals surface area contributed by atoms with Crippen molar-refractivity contribution in [3.8, 4) is 0 Å². The third-order valence-corrected chi connectivity index (χ3v) is 5.69. The molecule has 1 aliphatic heterocycles. The van der Waals surface area contributed by atoms with Gasteiger partial charge in [0, 0.05) is 41.5 Å². The number of nitrogens with two attached hydrogens (primary N) is 1. The van der Waals surface area contributed by atoms with Crippen molar-refractivity contribution in [3.63, 3.8) is 0 Å². The van der Waals surface area contributed by atoms with Gasteiger partial charge in [-0.05, 0) is 48.7 Å². The first-order valence-electron chi connectivity index (χ1n) is 10.5. The molecule has 0 spiro atoms. The number of hydrogen-bond donors (Lipinski definition) is 4. The normalized spacial score (nSPS) is 14.3. The molecule has 8 nitrogen and oxygen atoms in total. The summed E-state index contributed by atoms with van der Waals surface area (Å²) in [5.41, 5.74) is 8.82. The van der Waals surface area contributed by atoms with Gasteiger partial charge in [-0.1, -0.05) is 18.2 Å². The van der Waals surface area contributed by atoms with Crippen LogP contribution in [0.2, 0.25) is 0 Å². The number of carboxylic acids is 1. The molecule has 1 amide bonds. The monoisotopic (exact) mass is 431 g/mol. The number of benzene rings is 2. The molecule has 8 heteroatoms. The Bertz CT molecular complexity index is 1190. The van der Waals surface area contributed by atoms with Crippen molar-refractivity contribution in [1.29, 1.82) is 5.41 Å². The Hall–Kier alpha value is -3.94. The summed E-state index contributed by atoms with van der Waals surface area (Å²) in [6.45, 7) is 1.56. The summed E-state index contributed by atoms with van der Waals surface area (Å²) in [7, 11) is 0. The Morgan fingerprint density at radius 2 is 1.91 bits per heavy atom. The number of amidine groups is 1. The number of carbonyl (C=O) groups excluding carboxylic acids is 1. The standard InChI is InChI=1S/C24H25N5O3/c25-23(26)16-5-3-4-15(12-16)20(14-22(30)31)28-19-8-9-27-21-13-17(6-7-18(19)21)24(32)29-10-1-2-11-29/h3-9,12-13,20H,1-2,10-11,14H2,(H3,25,26)(H,27,28)(H,30,31). The van der Waals surface area contributed by atoms with E-state index in [2.05, 4.69) is 10.3 Å². The number of aromatic nitrogens is 1. The summed E-state index contributed by atoms with van der Waals surface area (Å²) >= 11 is 0. The number of rotatable bonds is 7. The number of nitrogens with one attached hydrogen (secondary N) is 2. The zero-order valence-corrected chi connectivity index (χ0v) is 17.5. The second-order valence-electron chi connectivity index (χ2n) is 7.92. The average molecular weight is 431 g/mol. The number of anilines is 1. The van der Waals surface area contributed by atoms with E-state index < -0.39 is 12.0 Å². The fraction of sp³-hybridized carbons (Fsp3) is 0.250. The molecule has 3 aromatic rings. The zero-order chi connectivity index (χ0) is 22.7. The lowest BCUT2D eigenvalue weighted by molar-refractivity contribution is -0.137. The molecule has 5 N–H and O–H groups in total. The molecule has 1 fully saturated rings. The van der Waals surface area contributed by atoms with Crippen LogP contribution < -0.4 is 11.1 Å². The molecule has 32 heavy (non-hydrogen) atoms. The smallest absolute Gasteiger partial charge is 0.305 e. The number of amides is 1. The van der Waals surface area contributed by atoms with E-state index in [1.165, 1.54) is 0 Å². The fourth-order valence-electron chi connectivity index (χ4n) is 4.05. The summed E-state index contributed by atoms with van der Waals surface area (Å²) in [6.07, 6.45) is 3.54. The van der Waals surface area contributed by atoms with Crippen LogP contribution >= 0.6 is 0 Å². The first-order valence-corrected chi connectivity index (χ1v) is 10.5. The number of nitrogen functional groups attached to an aromatic ring is 1. The highest BCUT2D eigenvalue weighted by Crippen LogP contribution is 2.29. The third-order valence-electron chi connectivity index (χ3n) is 5.69. The van der Waals surface area contributed by atoms with Crippen molar-refractivity contribution in [2.24, 2.45) is 5.73 Å². The Labute approximate surface area is 185 Å². The van der Waals surface area contributed by atoms with Crippen molar-refractivity contribution in [1.82, 2.24) is 9.88 Å². The summed E-state index contributed by atoms with van der Waals surface area (Å²) < 4.78 is 0. The number of hydrogen-bond acceptors (Lipinski definition) is 5. The van der Waals surface area contributed by atoms with E-state index in [-0.39, 0.29) is 18.2 Å². The van der Waals surface area contributed by atoms with Crippen molar-refractivity contribution in [2.45, 2.75) is 25.3 Å². The quantitative estimate of drug-likeness (QED) is 0.335. The van der Waals surface area contributed by atoms with Gasteiger partial charge in [0.1, 0.15) is 5.84 Å². The molecule has 164 valence electrons. The van der Waals surface area contributed by atoms with Gasteiger partial charge in [0.15, 0.2) is 0 Å². The molecule has 0 aliphatic carbocycles. The van der Waals surface area contributed by atoms with Crippen LogP contribution in [-0.2, 0) is 4.79 Å². The third kappa shape index (κ3) is 4.54. The van der Waals surface area contributed by atoms with Crippen molar-refractivity contribution in [2.75, 3.05) is 18.4 Å². The van der Waals surface area contributed by atoms with Crippen LogP contribution in [0.3, 0.4) is 0 Å². The second-order valence-corrected chi connectivity index (χ2v) is 7.92. The van der Waals surface area contributed by atoms with Crippen molar-refractivity contribution < 1.29 is 14.7 Å². The van der Waals surface area contributed by atoms with Gasteiger partial charge in [-0.25, -0.2) is 0 Å². The minimum atomic E-state index is -0.951. The fourth-order valence-corrected chi connectivity index (χ4v) is 4.05. The van der Waals surface area contributed by atoms with E-state index >= 15 is 0 Å². The highest BCUT2D eigenvalue weighted by Gasteiger charge is 2.21. The maximum Gasteiger partial charge on any atom is 0.305 e. The van der Waals surface area contributed by atoms with E-state index in [0.29, 0.717) is 22.2 Å².